The molecule has 9 nitrogen and oxygen atoms in total. The largest absolute Gasteiger partial charge is 0.493 e. The van der Waals surface area contributed by atoms with Crippen molar-refractivity contribution in [1.82, 2.24) is 20.2 Å². The van der Waals surface area contributed by atoms with Crippen LogP contribution in [-0.4, -0.2) is 57.3 Å². The van der Waals surface area contributed by atoms with Crippen LogP contribution in [0, 0.1) is 11.8 Å². The molecular formula is C29H30N4O5S2. The Bertz CT molecular complexity index is 1450. The lowest BCUT2D eigenvalue weighted by Gasteiger charge is -2.30. The number of nitrogens with zero attached hydrogens (tertiary/aromatic N) is 2. The molecule has 2 bridgehead atoms. The van der Waals surface area contributed by atoms with Crippen LogP contribution >= 0.6 is 24.0 Å². The van der Waals surface area contributed by atoms with Crippen molar-refractivity contribution in [2.75, 3.05) is 20.3 Å². The van der Waals surface area contributed by atoms with Gasteiger partial charge in [-0.2, -0.15) is 0 Å². The summed E-state index contributed by atoms with van der Waals surface area (Å²) in [6, 6.07) is 9.30. The summed E-state index contributed by atoms with van der Waals surface area (Å²) in [6.45, 7) is 0.313. The summed E-state index contributed by atoms with van der Waals surface area (Å²) in [6.07, 6.45) is 10.5. The number of thiocarbonyl (C=S) groups is 1. The van der Waals surface area contributed by atoms with E-state index >= 15 is 0 Å². The monoisotopic (exact) mass is 578 g/mol. The molecule has 3 unspecified atom stereocenters. The van der Waals surface area contributed by atoms with E-state index in [1.165, 1.54) is 31.0 Å². The molecule has 3 aromatic rings. The molecule has 3 aliphatic rings. The van der Waals surface area contributed by atoms with Gasteiger partial charge in [0.1, 0.15) is 15.8 Å². The van der Waals surface area contributed by atoms with Crippen molar-refractivity contribution in [3.63, 3.8) is 0 Å². The highest BCUT2D eigenvalue weighted by Crippen LogP contribution is 2.49. The van der Waals surface area contributed by atoms with Crippen molar-refractivity contribution in [2.45, 2.75) is 38.1 Å². The van der Waals surface area contributed by atoms with Gasteiger partial charge in [-0.15, -0.1) is 0 Å². The van der Waals surface area contributed by atoms with Crippen LogP contribution < -0.4 is 14.8 Å². The lowest BCUT2D eigenvalue weighted by atomic mass is 9.94. The number of aromatic nitrogens is 2. The molecule has 3 heterocycles. The zero-order valence-electron chi connectivity index (χ0n) is 22.1. The van der Waals surface area contributed by atoms with Gasteiger partial charge in [0.2, 0.25) is 0 Å². The highest BCUT2D eigenvalue weighted by molar-refractivity contribution is 8.26. The van der Waals surface area contributed by atoms with Crippen molar-refractivity contribution >= 4 is 46.2 Å². The maximum atomic E-state index is 13.3. The predicted octanol–water partition coefficient (Wildman–Crippen LogP) is 4.81. The van der Waals surface area contributed by atoms with Gasteiger partial charge in [0.05, 0.1) is 18.3 Å². The van der Waals surface area contributed by atoms with Gasteiger partial charge in [-0.1, -0.05) is 30.4 Å². The third-order valence-corrected chi connectivity index (χ3v) is 9.16. The minimum absolute atomic E-state index is 0.0199. The van der Waals surface area contributed by atoms with Crippen LogP contribution in [0.1, 0.15) is 37.1 Å². The van der Waals surface area contributed by atoms with Gasteiger partial charge >= 0.3 is 0 Å². The van der Waals surface area contributed by atoms with E-state index in [1.807, 2.05) is 23.1 Å². The van der Waals surface area contributed by atoms with E-state index in [9.17, 15) is 9.59 Å². The third-order valence-electron chi connectivity index (χ3n) is 7.83. The lowest BCUT2D eigenvalue weighted by molar-refractivity contribution is -0.124. The van der Waals surface area contributed by atoms with Crippen LogP contribution in [0.15, 0.2) is 52.2 Å². The second-order valence-corrected chi connectivity index (χ2v) is 12.0. The first-order valence-corrected chi connectivity index (χ1v) is 14.6. The van der Waals surface area contributed by atoms with Crippen LogP contribution in [0.3, 0.4) is 0 Å². The Morgan fingerprint density at radius 1 is 1.27 bits per heavy atom. The fourth-order valence-electron chi connectivity index (χ4n) is 5.90. The molecule has 2 N–H and O–H groups in total. The number of methoxy groups -OCH3 is 1. The Hall–Kier alpha value is -3.57. The average Bonchev–Trinajstić information content (AvgIpc) is 3.79. The van der Waals surface area contributed by atoms with Gasteiger partial charge in [-0.05, 0) is 61.4 Å². The maximum Gasteiger partial charge on any atom is 0.266 e. The number of amides is 2. The van der Waals surface area contributed by atoms with Crippen molar-refractivity contribution in [3.8, 4) is 22.8 Å². The Morgan fingerprint density at radius 3 is 2.92 bits per heavy atom. The number of carbonyl (C=O) groups is 2. The van der Waals surface area contributed by atoms with E-state index in [4.69, 9.17) is 26.1 Å². The van der Waals surface area contributed by atoms with Crippen LogP contribution in [0.5, 0.6) is 11.5 Å². The lowest BCUT2D eigenvalue weighted by Crippen LogP contribution is -2.41. The quantitative estimate of drug-likeness (QED) is 0.261. The van der Waals surface area contributed by atoms with Gasteiger partial charge < -0.3 is 24.2 Å². The van der Waals surface area contributed by atoms with Gasteiger partial charge in [0.15, 0.2) is 18.1 Å². The molecule has 208 valence electrons. The minimum Gasteiger partial charge on any atom is -0.493 e. The number of fused-ring (bicyclic) bond motifs is 2. The number of furan rings is 1. The first-order chi connectivity index (χ1) is 19.5. The zero-order valence-corrected chi connectivity index (χ0v) is 23.7. The Labute approximate surface area is 241 Å². The van der Waals surface area contributed by atoms with Crippen molar-refractivity contribution < 1.29 is 23.5 Å². The predicted molar refractivity (Wildman–Crippen MR) is 156 cm³/mol. The maximum absolute atomic E-state index is 13.3. The standard InChI is InChI=1S/C29H30N4O5S2/c1-36-24-6-4-19(12-25(24)37-15-27(34)31-9-8-20-14-30-16-32-20)23-7-5-21(38-23)13-26-28(35)33(29(39)40-26)22-11-17-2-3-18(22)10-17/h4-7,12-14,16-18,22H,2-3,8-11,15H2,1H3,(H,30,32)(H,31,34). The van der Waals surface area contributed by atoms with E-state index < -0.39 is 0 Å². The highest BCUT2D eigenvalue weighted by atomic mass is 32.2. The van der Waals surface area contributed by atoms with Crippen LogP contribution in [0.2, 0.25) is 0 Å². The molecule has 40 heavy (non-hydrogen) atoms. The molecule has 6 rings (SSSR count). The topological polar surface area (TPSA) is 110 Å². The number of benzene rings is 1. The molecule has 0 radical (unpaired) electrons. The average molecular weight is 579 g/mol. The molecule has 3 fully saturated rings. The summed E-state index contributed by atoms with van der Waals surface area (Å²) < 4.78 is 17.9. The number of H-pyrrole nitrogens is 1. The van der Waals surface area contributed by atoms with Crippen molar-refractivity contribution in [3.05, 3.63) is 59.2 Å². The Morgan fingerprint density at radius 2 is 2.17 bits per heavy atom. The molecule has 2 amide bonds. The van der Waals surface area contributed by atoms with Crippen molar-refractivity contribution in [1.29, 1.82) is 0 Å². The van der Waals surface area contributed by atoms with Crippen molar-refractivity contribution in [2.24, 2.45) is 11.8 Å². The summed E-state index contributed by atoms with van der Waals surface area (Å²) in [5, 5.41) is 2.83. The Kier molecular flexibility index (Phi) is 7.66. The SMILES string of the molecule is COc1ccc(-c2ccc(C=C3SC(=S)N(C4CC5CCC4C5)C3=O)o2)cc1OCC(=O)NCCc1cnc[nH]1. The second kappa shape index (κ2) is 11.5. The second-order valence-electron chi connectivity index (χ2n) is 10.3. The number of hydrogen-bond acceptors (Lipinski definition) is 8. The molecule has 11 heteroatoms. The van der Waals surface area contributed by atoms with Crippen LogP contribution in [0.4, 0.5) is 0 Å². The first kappa shape index (κ1) is 26.6. The smallest absolute Gasteiger partial charge is 0.266 e. The number of carbonyl (C=O) groups excluding carboxylic acids is 2. The molecule has 1 saturated heterocycles. The molecule has 3 atom stereocenters. The highest BCUT2D eigenvalue weighted by Gasteiger charge is 2.48. The molecular weight excluding hydrogens is 548 g/mol. The number of rotatable bonds is 10. The number of imidazole rings is 1. The molecule has 1 aliphatic heterocycles. The number of nitrogens with one attached hydrogen (secondary N) is 2. The van der Waals surface area contributed by atoms with Crippen LogP contribution in [0.25, 0.3) is 17.4 Å². The fourth-order valence-corrected chi connectivity index (χ4v) is 7.26. The molecule has 2 aromatic heterocycles. The summed E-state index contributed by atoms with van der Waals surface area (Å²) in [5.41, 5.74) is 1.70. The summed E-state index contributed by atoms with van der Waals surface area (Å²) >= 11 is 6.95. The summed E-state index contributed by atoms with van der Waals surface area (Å²) in [7, 11) is 1.55. The summed E-state index contributed by atoms with van der Waals surface area (Å²) in [4.78, 5) is 35.0. The molecule has 1 aromatic carbocycles. The number of aromatic amines is 1. The number of hydrogen-bond donors (Lipinski definition) is 2. The van der Waals surface area contributed by atoms with E-state index in [-0.39, 0.29) is 24.5 Å². The number of ether oxygens (including phenoxy) is 2. The van der Waals surface area contributed by atoms with Crippen LogP contribution in [-0.2, 0) is 16.0 Å². The summed E-state index contributed by atoms with van der Waals surface area (Å²) in [5.74, 6) is 3.14. The van der Waals surface area contributed by atoms with Gasteiger partial charge in [0, 0.05) is 42.5 Å². The van der Waals surface area contributed by atoms with Gasteiger partial charge in [0.25, 0.3) is 11.8 Å². The fraction of sp³-hybridized carbons (Fsp3) is 0.379. The molecule has 2 aliphatic carbocycles. The van der Waals surface area contributed by atoms with E-state index in [1.54, 1.807) is 37.8 Å². The number of thioether (sulfide) groups is 1. The minimum atomic E-state index is -0.241. The zero-order chi connectivity index (χ0) is 27.6. The molecule has 2 saturated carbocycles. The first-order valence-electron chi connectivity index (χ1n) is 13.4. The Balaban J connectivity index is 1.10. The van der Waals surface area contributed by atoms with E-state index in [0.717, 1.165) is 23.6 Å². The molecule has 0 spiro atoms. The third kappa shape index (κ3) is 5.53. The van der Waals surface area contributed by atoms with Gasteiger partial charge in [-0.3, -0.25) is 14.5 Å². The van der Waals surface area contributed by atoms with E-state index in [0.29, 0.717) is 51.1 Å². The normalized spacial score (nSPS) is 22.9. The van der Waals surface area contributed by atoms with E-state index in [2.05, 4.69) is 15.3 Å². The van der Waals surface area contributed by atoms with Gasteiger partial charge in [-0.25, -0.2) is 4.98 Å².